The summed E-state index contributed by atoms with van der Waals surface area (Å²) in [5.74, 6) is 1.06. The first-order valence-corrected chi connectivity index (χ1v) is 9.85. The number of halogens is 3. The van der Waals surface area contributed by atoms with Crippen molar-refractivity contribution in [3.63, 3.8) is 0 Å². The van der Waals surface area contributed by atoms with Crippen LogP contribution in [0.1, 0.15) is 66.7 Å². The second kappa shape index (κ2) is 7.57. The van der Waals surface area contributed by atoms with Crippen LogP contribution < -0.4 is 4.74 Å². The van der Waals surface area contributed by atoms with E-state index in [0.29, 0.717) is 17.6 Å². The monoisotopic (exact) mass is 374 g/mol. The van der Waals surface area contributed by atoms with Crippen LogP contribution in [0, 0.1) is 18.7 Å². The molecule has 2 aromatic carbocycles. The van der Waals surface area contributed by atoms with Crippen molar-refractivity contribution in [2.45, 2.75) is 63.9 Å². The molecule has 1 atom stereocenters. The summed E-state index contributed by atoms with van der Waals surface area (Å²) in [6.45, 7) is 1.91. The van der Waals surface area contributed by atoms with Gasteiger partial charge in [-0.1, -0.05) is 30.3 Å². The van der Waals surface area contributed by atoms with Crippen LogP contribution in [0.3, 0.4) is 0 Å². The molecule has 1 nitrogen and oxygen atoms in total. The molecule has 1 aliphatic carbocycles. The molecule has 0 saturated heterocycles. The van der Waals surface area contributed by atoms with E-state index < -0.39 is 6.43 Å². The zero-order valence-corrected chi connectivity index (χ0v) is 15.6. The molecule has 0 bridgehead atoms. The Morgan fingerprint density at radius 1 is 0.963 bits per heavy atom. The van der Waals surface area contributed by atoms with E-state index >= 15 is 0 Å². The van der Waals surface area contributed by atoms with Crippen molar-refractivity contribution in [2.75, 3.05) is 0 Å². The van der Waals surface area contributed by atoms with Gasteiger partial charge in [0.15, 0.2) is 11.6 Å². The van der Waals surface area contributed by atoms with E-state index in [-0.39, 0.29) is 17.5 Å². The van der Waals surface area contributed by atoms with Gasteiger partial charge < -0.3 is 4.74 Å². The molecule has 2 aromatic rings. The Balaban J connectivity index is 1.38. The Morgan fingerprint density at radius 2 is 1.67 bits per heavy atom. The molecular formula is C23H25F3O. The molecule has 2 aliphatic rings. The predicted molar refractivity (Wildman–Crippen MR) is 100.0 cm³/mol. The van der Waals surface area contributed by atoms with Crippen LogP contribution in [0.2, 0.25) is 0 Å². The summed E-state index contributed by atoms with van der Waals surface area (Å²) in [6.07, 6.45) is 3.61. The number of ether oxygens (including phenoxy) is 1. The lowest BCUT2D eigenvalue weighted by Crippen LogP contribution is -2.33. The Labute approximate surface area is 158 Å². The summed E-state index contributed by atoms with van der Waals surface area (Å²) in [4.78, 5) is 0. The summed E-state index contributed by atoms with van der Waals surface area (Å²) in [6, 6.07) is 10.3. The van der Waals surface area contributed by atoms with Gasteiger partial charge in [0.05, 0.1) is 0 Å². The van der Waals surface area contributed by atoms with Crippen LogP contribution in [0.5, 0.6) is 5.75 Å². The van der Waals surface area contributed by atoms with Gasteiger partial charge >= 0.3 is 0 Å². The predicted octanol–water partition coefficient (Wildman–Crippen LogP) is 6.74. The lowest BCUT2D eigenvalue weighted by molar-refractivity contribution is 0.0797. The number of benzene rings is 2. The third-order valence-corrected chi connectivity index (χ3v) is 6.19. The average molecular weight is 374 g/mol. The molecule has 4 rings (SSSR count). The minimum atomic E-state index is -2.41. The van der Waals surface area contributed by atoms with Gasteiger partial charge in [0.25, 0.3) is 6.43 Å². The van der Waals surface area contributed by atoms with E-state index in [1.165, 1.54) is 12.1 Å². The van der Waals surface area contributed by atoms with Crippen molar-refractivity contribution in [2.24, 2.45) is 5.92 Å². The zero-order valence-electron chi connectivity index (χ0n) is 15.6. The highest BCUT2D eigenvalue weighted by molar-refractivity contribution is 5.40. The number of alkyl halides is 2. The van der Waals surface area contributed by atoms with Gasteiger partial charge in [-0.3, -0.25) is 0 Å². The van der Waals surface area contributed by atoms with Gasteiger partial charge in [-0.25, -0.2) is 13.2 Å². The maximum atomic E-state index is 14.3. The Bertz CT molecular complexity index is 792. The van der Waals surface area contributed by atoms with E-state index in [0.717, 1.165) is 55.2 Å². The van der Waals surface area contributed by atoms with Crippen LogP contribution in [0.25, 0.3) is 0 Å². The molecule has 144 valence electrons. The van der Waals surface area contributed by atoms with Gasteiger partial charge in [-0.05, 0) is 80.0 Å². The van der Waals surface area contributed by atoms with Crippen LogP contribution in [0.4, 0.5) is 13.2 Å². The average Bonchev–Trinajstić information content (AvgIpc) is 2.68. The fraction of sp³-hybridized carbons (Fsp3) is 0.478. The molecule has 1 aliphatic heterocycles. The van der Waals surface area contributed by atoms with Crippen molar-refractivity contribution in [3.8, 4) is 5.75 Å². The molecule has 1 fully saturated rings. The highest BCUT2D eigenvalue weighted by Crippen LogP contribution is 2.41. The summed E-state index contributed by atoms with van der Waals surface area (Å²) in [5.41, 5.74) is 3.15. The van der Waals surface area contributed by atoms with Crippen LogP contribution in [-0.4, -0.2) is 6.10 Å². The number of aryl methyl sites for hydroxylation is 2. The highest BCUT2D eigenvalue weighted by Gasteiger charge is 2.33. The van der Waals surface area contributed by atoms with E-state index in [1.54, 1.807) is 6.07 Å². The Morgan fingerprint density at radius 3 is 2.33 bits per heavy atom. The quantitative estimate of drug-likeness (QED) is 0.578. The van der Waals surface area contributed by atoms with Crippen molar-refractivity contribution in [3.05, 3.63) is 64.5 Å². The third kappa shape index (κ3) is 3.85. The van der Waals surface area contributed by atoms with E-state index in [1.807, 2.05) is 25.1 Å². The van der Waals surface area contributed by atoms with Crippen molar-refractivity contribution in [1.29, 1.82) is 0 Å². The number of hydrogen-bond donors (Lipinski definition) is 0. The zero-order chi connectivity index (χ0) is 19.0. The molecule has 1 heterocycles. The number of rotatable bonds is 3. The summed E-state index contributed by atoms with van der Waals surface area (Å²) in [7, 11) is 0. The largest absolute Gasteiger partial charge is 0.487 e. The van der Waals surface area contributed by atoms with Crippen molar-refractivity contribution >= 4 is 0 Å². The molecular weight excluding hydrogens is 349 g/mol. The molecule has 1 saturated carbocycles. The topological polar surface area (TPSA) is 9.23 Å². The SMILES string of the molecule is Cc1cc(F)c2c(c1)CCC(C1CCC(c3ccc(C(F)F)cc3)CC1)O2. The van der Waals surface area contributed by atoms with Crippen molar-refractivity contribution in [1.82, 2.24) is 0 Å². The van der Waals surface area contributed by atoms with E-state index in [2.05, 4.69) is 0 Å². The van der Waals surface area contributed by atoms with Gasteiger partial charge in [0, 0.05) is 5.56 Å². The Kier molecular flexibility index (Phi) is 5.16. The number of fused-ring (bicyclic) bond motifs is 1. The molecule has 0 N–H and O–H groups in total. The molecule has 0 spiro atoms. The smallest absolute Gasteiger partial charge is 0.263 e. The first-order chi connectivity index (χ1) is 13.0. The summed E-state index contributed by atoms with van der Waals surface area (Å²) in [5, 5.41) is 0. The second-order valence-electron chi connectivity index (χ2n) is 8.01. The van der Waals surface area contributed by atoms with Gasteiger partial charge in [-0.15, -0.1) is 0 Å². The van der Waals surface area contributed by atoms with Crippen LogP contribution >= 0.6 is 0 Å². The highest BCUT2D eigenvalue weighted by atomic mass is 19.3. The Hall–Kier alpha value is -1.97. The maximum Gasteiger partial charge on any atom is 0.263 e. The lowest BCUT2D eigenvalue weighted by Gasteiger charge is -2.37. The first-order valence-electron chi connectivity index (χ1n) is 9.85. The minimum Gasteiger partial charge on any atom is -0.487 e. The molecule has 4 heteroatoms. The normalized spacial score (nSPS) is 25.1. The van der Waals surface area contributed by atoms with Gasteiger partial charge in [-0.2, -0.15) is 0 Å². The minimum absolute atomic E-state index is 0.0804. The maximum absolute atomic E-state index is 14.3. The third-order valence-electron chi connectivity index (χ3n) is 6.19. The first kappa shape index (κ1) is 18.4. The molecule has 0 radical (unpaired) electrons. The van der Waals surface area contributed by atoms with E-state index in [9.17, 15) is 13.2 Å². The van der Waals surface area contributed by atoms with Crippen molar-refractivity contribution < 1.29 is 17.9 Å². The molecule has 0 amide bonds. The fourth-order valence-electron chi connectivity index (χ4n) is 4.70. The van der Waals surface area contributed by atoms with Crippen LogP contribution in [0.15, 0.2) is 36.4 Å². The standard InChI is InChI=1S/C23H25F3O/c1-14-12-19-10-11-21(27-22(19)20(24)13-14)17-6-2-15(3-7-17)16-4-8-18(9-5-16)23(25)26/h4-5,8-9,12-13,15,17,21,23H,2-3,6-7,10-11H2,1H3. The molecule has 1 unspecified atom stereocenters. The summed E-state index contributed by atoms with van der Waals surface area (Å²) < 4.78 is 45.8. The summed E-state index contributed by atoms with van der Waals surface area (Å²) >= 11 is 0. The van der Waals surface area contributed by atoms with Gasteiger partial charge in [0.1, 0.15) is 6.10 Å². The lowest BCUT2D eigenvalue weighted by atomic mass is 9.75. The number of hydrogen-bond acceptors (Lipinski definition) is 1. The van der Waals surface area contributed by atoms with Gasteiger partial charge in [0.2, 0.25) is 0 Å². The fourth-order valence-corrected chi connectivity index (χ4v) is 4.70. The van der Waals surface area contributed by atoms with Crippen LogP contribution in [-0.2, 0) is 6.42 Å². The molecule has 0 aromatic heterocycles. The second-order valence-corrected chi connectivity index (χ2v) is 8.01. The molecule has 27 heavy (non-hydrogen) atoms. The van der Waals surface area contributed by atoms with E-state index in [4.69, 9.17) is 4.74 Å².